The van der Waals surface area contributed by atoms with E-state index in [-0.39, 0.29) is 0 Å². The van der Waals surface area contributed by atoms with Crippen LogP contribution in [0.25, 0.3) is 6.08 Å². The molecule has 0 spiro atoms. The summed E-state index contributed by atoms with van der Waals surface area (Å²) in [5, 5.41) is 10.7. The van der Waals surface area contributed by atoms with Crippen LogP contribution in [0.3, 0.4) is 0 Å². The van der Waals surface area contributed by atoms with Crippen molar-refractivity contribution in [2.24, 2.45) is 5.92 Å². The molecule has 2 unspecified atom stereocenters. The maximum absolute atomic E-state index is 10.6. The Kier molecular flexibility index (Phi) is 4.96. The van der Waals surface area contributed by atoms with Crippen molar-refractivity contribution in [1.82, 2.24) is 9.80 Å². The lowest BCUT2D eigenvalue weighted by Crippen LogP contribution is -2.34. The second-order valence-electron chi connectivity index (χ2n) is 5.67. The zero-order valence-corrected chi connectivity index (χ0v) is 13.1. The van der Waals surface area contributed by atoms with Crippen molar-refractivity contribution in [1.29, 1.82) is 0 Å². The molecule has 20 heavy (non-hydrogen) atoms. The van der Waals surface area contributed by atoms with E-state index in [1.165, 1.54) is 11.0 Å². The summed E-state index contributed by atoms with van der Waals surface area (Å²) in [5.74, 6) is -0.229. The molecule has 1 aliphatic rings. The number of nitrogens with zero attached hydrogens (tertiary/aromatic N) is 2. The molecule has 0 amide bonds. The minimum atomic E-state index is -0.899. The van der Waals surface area contributed by atoms with Crippen LogP contribution in [0, 0.1) is 5.92 Å². The molecule has 5 heteroatoms. The molecular weight excluding hydrogens is 272 g/mol. The lowest BCUT2D eigenvalue weighted by molar-refractivity contribution is -0.131. The minimum absolute atomic E-state index is 0.605. The van der Waals surface area contributed by atoms with Crippen molar-refractivity contribution in [3.05, 3.63) is 28.0 Å². The van der Waals surface area contributed by atoms with Gasteiger partial charge in [-0.3, -0.25) is 4.90 Å². The summed E-state index contributed by atoms with van der Waals surface area (Å²) < 4.78 is 0. The Labute approximate surface area is 124 Å². The summed E-state index contributed by atoms with van der Waals surface area (Å²) in [7, 11) is 4.27. The first-order valence-electron chi connectivity index (χ1n) is 6.83. The van der Waals surface area contributed by atoms with E-state index >= 15 is 0 Å². The number of aliphatic carboxylic acids is 1. The number of likely N-dealkylation sites (N-methyl/N-ethyl adjacent to an activating group) is 1. The fraction of sp³-hybridized carbons (Fsp3) is 0.533. The van der Waals surface area contributed by atoms with Crippen molar-refractivity contribution in [3.63, 3.8) is 0 Å². The fourth-order valence-electron chi connectivity index (χ4n) is 2.84. The summed E-state index contributed by atoms with van der Waals surface area (Å²) in [6.45, 7) is 5.38. The highest BCUT2D eigenvalue weighted by molar-refractivity contribution is 7.10. The third kappa shape index (κ3) is 3.69. The number of carbonyl (C=O) groups is 1. The normalized spacial score (nSPS) is 24.0. The Balaban J connectivity index is 2.01. The highest BCUT2D eigenvalue weighted by Gasteiger charge is 2.31. The van der Waals surface area contributed by atoms with Crippen LogP contribution in [0.4, 0.5) is 0 Å². The summed E-state index contributed by atoms with van der Waals surface area (Å²) in [5.41, 5.74) is 1.03. The van der Waals surface area contributed by atoms with Crippen LogP contribution >= 0.6 is 11.3 Å². The van der Waals surface area contributed by atoms with Gasteiger partial charge in [-0.1, -0.05) is 6.92 Å². The first kappa shape index (κ1) is 15.2. The van der Waals surface area contributed by atoms with Gasteiger partial charge in [-0.05, 0) is 43.1 Å². The lowest BCUT2D eigenvalue weighted by Gasteiger charge is -2.22. The van der Waals surface area contributed by atoms with Crippen LogP contribution in [0.15, 0.2) is 17.5 Å². The molecule has 1 N–H and O–H groups in total. The maximum Gasteiger partial charge on any atom is 0.328 e. The van der Waals surface area contributed by atoms with Gasteiger partial charge in [-0.25, -0.2) is 4.79 Å². The van der Waals surface area contributed by atoms with Crippen LogP contribution in [0.2, 0.25) is 0 Å². The van der Waals surface area contributed by atoms with E-state index in [4.69, 9.17) is 5.11 Å². The van der Waals surface area contributed by atoms with Gasteiger partial charge in [0.1, 0.15) is 0 Å². The molecule has 110 valence electrons. The van der Waals surface area contributed by atoms with Crippen LogP contribution < -0.4 is 0 Å². The summed E-state index contributed by atoms with van der Waals surface area (Å²) in [6.07, 6.45) is 2.90. The van der Waals surface area contributed by atoms with Crippen LogP contribution in [-0.2, 0) is 11.3 Å². The molecule has 0 aromatic carbocycles. The number of hydrogen-bond acceptors (Lipinski definition) is 4. The van der Waals surface area contributed by atoms with Gasteiger partial charge in [0.05, 0.1) is 0 Å². The van der Waals surface area contributed by atoms with E-state index in [1.807, 2.05) is 11.4 Å². The number of carboxylic acids is 1. The van der Waals surface area contributed by atoms with Crippen molar-refractivity contribution < 1.29 is 9.90 Å². The molecule has 2 heterocycles. The zero-order valence-electron chi connectivity index (χ0n) is 12.2. The molecule has 0 bridgehead atoms. The Morgan fingerprint density at radius 3 is 2.90 bits per heavy atom. The Morgan fingerprint density at radius 2 is 2.30 bits per heavy atom. The molecule has 1 saturated heterocycles. The third-order valence-electron chi connectivity index (χ3n) is 3.86. The number of carboxylic acid groups (broad SMARTS) is 1. The van der Waals surface area contributed by atoms with Gasteiger partial charge in [0.25, 0.3) is 0 Å². The molecule has 0 saturated carbocycles. The van der Waals surface area contributed by atoms with Gasteiger partial charge in [0.2, 0.25) is 0 Å². The Bertz CT molecular complexity index is 496. The van der Waals surface area contributed by atoms with Gasteiger partial charge in [0.15, 0.2) is 0 Å². The number of rotatable bonds is 5. The number of thiophene rings is 1. The van der Waals surface area contributed by atoms with Crippen molar-refractivity contribution in [2.75, 3.05) is 27.2 Å². The summed E-state index contributed by atoms with van der Waals surface area (Å²) >= 11 is 1.70. The Morgan fingerprint density at radius 1 is 1.55 bits per heavy atom. The fourth-order valence-corrected chi connectivity index (χ4v) is 3.75. The largest absolute Gasteiger partial charge is 0.478 e. The molecule has 0 aliphatic carbocycles. The molecule has 1 aromatic heterocycles. The third-order valence-corrected chi connectivity index (χ3v) is 4.79. The first-order valence-corrected chi connectivity index (χ1v) is 7.71. The monoisotopic (exact) mass is 294 g/mol. The highest BCUT2D eigenvalue weighted by atomic mass is 32.1. The van der Waals surface area contributed by atoms with E-state index in [0.29, 0.717) is 12.0 Å². The molecule has 2 atom stereocenters. The average molecular weight is 294 g/mol. The van der Waals surface area contributed by atoms with E-state index in [0.717, 1.165) is 25.2 Å². The van der Waals surface area contributed by atoms with Gasteiger partial charge in [0, 0.05) is 36.6 Å². The second kappa shape index (κ2) is 6.52. The van der Waals surface area contributed by atoms with E-state index in [1.54, 1.807) is 17.4 Å². The van der Waals surface area contributed by atoms with Crippen LogP contribution in [0.1, 0.15) is 17.4 Å². The zero-order chi connectivity index (χ0) is 14.7. The number of likely N-dealkylation sites (tertiary alicyclic amines) is 1. The van der Waals surface area contributed by atoms with Crippen molar-refractivity contribution in [3.8, 4) is 0 Å². The van der Waals surface area contributed by atoms with Gasteiger partial charge < -0.3 is 10.0 Å². The Hall–Kier alpha value is -1.17. The predicted octanol–water partition coefficient (Wildman–Crippen LogP) is 2.23. The quantitative estimate of drug-likeness (QED) is 0.846. The molecular formula is C15H22N2O2S. The van der Waals surface area contributed by atoms with E-state index in [9.17, 15) is 4.79 Å². The SMILES string of the molecule is CC1CN(Cc2sccc2/C=C/C(=O)O)CC1N(C)C. The van der Waals surface area contributed by atoms with E-state index < -0.39 is 5.97 Å². The number of hydrogen-bond donors (Lipinski definition) is 1. The van der Waals surface area contributed by atoms with Gasteiger partial charge in [-0.15, -0.1) is 11.3 Å². The van der Waals surface area contributed by atoms with E-state index in [2.05, 4.69) is 30.8 Å². The first-order chi connectivity index (χ1) is 9.47. The molecule has 4 nitrogen and oxygen atoms in total. The topological polar surface area (TPSA) is 43.8 Å². The van der Waals surface area contributed by atoms with Crippen LogP contribution in [0.5, 0.6) is 0 Å². The highest BCUT2D eigenvalue weighted by Crippen LogP contribution is 2.26. The van der Waals surface area contributed by atoms with Gasteiger partial charge in [-0.2, -0.15) is 0 Å². The summed E-state index contributed by atoms with van der Waals surface area (Å²) in [4.78, 5) is 16.6. The summed E-state index contributed by atoms with van der Waals surface area (Å²) in [6, 6.07) is 2.59. The predicted molar refractivity (Wildman–Crippen MR) is 82.9 cm³/mol. The maximum atomic E-state index is 10.6. The van der Waals surface area contributed by atoms with Crippen molar-refractivity contribution >= 4 is 23.4 Å². The smallest absolute Gasteiger partial charge is 0.328 e. The second-order valence-corrected chi connectivity index (χ2v) is 6.67. The lowest BCUT2D eigenvalue weighted by atomic mass is 10.1. The molecule has 0 radical (unpaired) electrons. The standard InChI is InChI=1S/C15H22N2O2S/c1-11-8-17(9-13(11)16(2)3)10-14-12(6-7-20-14)4-5-15(18)19/h4-7,11,13H,8-10H2,1-3H3,(H,18,19)/b5-4+. The average Bonchev–Trinajstić information content (AvgIpc) is 2.94. The van der Waals surface area contributed by atoms with Crippen LogP contribution in [-0.4, -0.2) is 54.1 Å². The molecule has 1 fully saturated rings. The minimum Gasteiger partial charge on any atom is -0.478 e. The molecule has 2 rings (SSSR count). The van der Waals surface area contributed by atoms with Gasteiger partial charge >= 0.3 is 5.97 Å². The van der Waals surface area contributed by atoms with Crippen molar-refractivity contribution in [2.45, 2.75) is 19.5 Å². The molecule has 1 aliphatic heterocycles. The molecule has 1 aromatic rings.